The lowest BCUT2D eigenvalue weighted by atomic mass is 9.80. The molecular formula is C11H7F11N2S. The average molecular weight is 408 g/mol. The molecular weight excluding hydrogens is 401 g/mol. The van der Waals surface area contributed by atoms with Crippen molar-refractivity contribution < 1.29 is 48.3 Å². The van der Waals surface area contributed by atoms with E-state index in [4.69, 9.17) is 10.5 Å². The summed E-state index contributed by atoms with van der Waals surface area (Å²) in [4.78, 5) is 0. The van der Waals surface area contributed by atoms with Gasteiger partial charge in [-0.05, 0) is 6.42 Å². The molecule has 0 aliphatic rings. The smallest absolute Gasteiger partial charge is 0.203 e. The molecule has 0 aromatic heterocycles. The van der Waals surface area contributed by atoms with Crippen LogP contribution >= 0.6 is 11.8 Å². The minimum atomic E-state index is -6.65. The number of hydrogen-bond acceptors (Lipinski definition) is 3. The van der Waals surface area contributed by atoms with Crippen LogP contribution in [0.3, 0.4) is 0 Å². The van der Waals surface area contributed by atoms with Crippen molar-refractivity contribution in [3.05, 3.63) is 0 Å². The standard InChI is InChI=1S/C11H7F11N2S/c12-6(13)9(16,17)10(18,19)8(14,15)3-7(4-23,5-24)1-2-25-11(20,21)22/h6H,1-3H2. The van der Waals surface area contributed by atoms with Gasteiger partial charge in [-0.15, -0.1) is 0 Å². The van der Waals surface area contributed by atoms with Crippen LogP contribution in [0.1, 0.15) is 12.8 Å². The van der Waals surface area contributed by atoms with Gasteiger partial charge in [-0.3, -0.25) is 0 Å². The number of nitrogens with zero attached hydrogens (tertiary/aromatic N) is 2. The van der Waals surface area contributed by atoms with Gasteiger partial charge in [-0.25, -0.2) is 8.78 Å². The lowest BCUT2D eigenvalue weighted by molar-refractivity contribution is -0.342. The maximum Gasteiger partial charge on any atom is 0.441 e. The third-order valence-electron chi connectivity index (χ3n) is 2.90. The highest BCUT2D eigenvalue weighted by Gasteiger charge is 2.76. The van der Waals surface area contributed by atoms with Crippen molar-refractivity contribution in [1.29, 1.82) is 10.5 Å². The first-order chi connectivity index (χ1) is 11.0. The molecule has 0 atom stereocenters. The third kappa shape index (κ3) is 5.26. The molecule has 0 bridgehead atoms. The SMILES string of the molecule is N#CC(C#N)(CCSC(F)(F)F)CC(F)(F)C(F)(F)C(F)(F)C(F)F. The van der Waals surface area contributed by atoms with Crippen molar-refractivity contribution >= 4 is 11.8 Å². The molecule has 0 N–H and O–H groups in total. The van der Waals surface area contributed by atoms with Gasteiger partial charge in [-0.2, -0.15) is 50.0 Å². The van der Waals surface area contributed by atoms with E-state index in [0.717, 1.165) is 12.1 Å². The fraction of sp³-hybridized carbons (Fsp3) is 0.818. The second-order valence-corrected chi connectivity index (χ2v) is 5.89. The van der Waals surface area contributed by atoms with Crippen LogP contribution in [0.2, 0.25) is 0 Å². The van der Waals surface area contributed by atoms with Crippen molar-refractivity contribution in [2.45, 2.75) is 42.5 Å². The molecule has 0 saturated carbocycles. The molecule has 0 radical (unpaired) electrons. The topological polar surface area (TPSA) is 47.6 Å². The number of alkyl halides is 11. The lowest BCUT2D eigenvalue weighted by Gasteiger charge is -2.34. The summed E-state index contributed by atoms with van der Waals surface area (Å²) < 4.78 is 138. The quantitative estimate of drug-likeness (QED) is 0.517. The van der Waals surface area contributed by atoms with Crippen LogP contribution in [0.15, 0.2) is 0 Å². The molecule has 0 spiro atoms. The van der Waals surface area contributed by atoms with Crippen molar-refractivity contribution in [2.24, 2.45) is 5.41 Å². The van der Waals surface area contributed by atoms with Gasteiger partial charge in [0.15, 0.2) is 5.41 Å². The minimum Gasteiger partial charge on any atom is -0.203 e. The van der Waals surface area contributed by atoms with E-state index in [2.05, 4.69) is 0 Å². The Labute approximate surface area is 137 Å². The van der Waals surface area contributed by atoms with E-state index in [-0.39, 0.29) is 0 Å². The van der Waals surface area contributed by atoms with Crippen molar-refractivity contribution in [3.8, 4) is 12.1 Å². The molecule has 0 aliphatic heterocycles. The van der Waals surface area contributed by atoms with Crippen LogP contribution in [0.4, 0.5) is 48.3 Å². The number of halogens is 11. The van der Waals surface area contributed by atoms with E-state index >= 15 is 0 Å². The number of rotatable bonds is 8. The monoisotopic (exact) mass is 408 g/mol. The van der Waals surface area contributed by atoms with Gasteiger partial charge in [0.05, 0.1) is 12.1 Å². The fourth-order valence-electron chi connectivity index (χ4n) is 1.52. The van der Waals surface area contributed by atoms with Gasteiger partial charge in [-0.1, -0.05) is 11.8 Å². The maximum absolute atomic E-state index is 13.5. The van der Waals surface area contributed by atoms with Crippen LogP contribution in [0, 0.1) is 28.1 Å². The minimum absolute atomic E-state index is 0.773. The number of nitriles is 2. The van der Waals surface area contributed by atoms with Gasteiger partial charge in [0.2, 0.25) is 0 Å². The number of hydrogen-bond donors (Lipinski definition) is 0. The number of thioether (sulfide) groups is 1. The van der Waals surface area contributed by atoms with E-state index in [1.807, 2.05) is 0 Å². The van der Waals surface area contributed by atoms with Gasteiger partial charge in [0.1, 0.15) is 0 Å². The lowest BCUT2D eigenvalue weighted by Crippen LogP contribution is -2.58. The summed E-state index contributed by atoms with van der Waals surface area (Å²) >= 11 is -0.868. The zero-order valence-corrected chi connectivity index (χ0v) is 12.5. The summed E-state index contributed by atoms with van der Waals surface area (Å²) in [6.07, 6.45) is -9.18. The molecule has 0 fully saturated rings. The second-order valence-electron chi connectivity index (χ2n) is 4.73. The van der Waals surface area contributed by atoms with Crippen LogP contribution in [-0.4, -0.2) is 35.5 Å². The maximum atomic E-state index is 13.5. The molecule has 0 aliphatic carbocycles. The molecule has 0 aromatic carbocycles. The highest BCUT2D eigenvalue weighted by Crippen LogP contribution is 2.53. The first-order valence-electron chi connectivity index (χ1n) is 5.93. The predicted octanol–water partition coefficient (Wildman–Crippen LogP) is 5.22. The van der Waals surface area contributed by atoms with Gasteiger partial charge >= 0.3 is 29.7 Å². The Morgan fingerprint density at radius 3 is 1.60 bits per heavy atom. The Morgan fingerprint density at radius 1 is 0.840 bits per heavy atom. The molecule has 0 unspecified atom stereocenters. The van der Waals surface area contributed by atoms with E-state index < -0.39 is 65.5 Å². The molecule has 0 saturated heterocycles. The summed E-state index contributed by atoms with van der Waals surface area (Å²) in [7, 11) is 0. The normalized spacial score (nSPS) is 14.3. The van der Waals surface area contributed by atoms with Gasteiger partial charge in [0.25, 0.3) is 0 Å². The zero-order valence-electron chi connectivity index (χ0n) is 11.7. The van der Waals surface area contributed by atoms with Crippen molar-refractivity contribution in [2.75, 3.05) is 5.75 Å². The van der Waals surface area contributed by atoms with Gasteiger partial charge < -0.3 is 0 Å². The predicted molar refractivity (Wildman–Crippen MR) is 62.3 cm³/mol. The average Bonchev–Trinajstić information content (AvgIpc) is 2.44. The summed E-state index contributed by atoms with van der Waals surface area (Å²) in [6.45, 7) is 0. The first kappa shape index (κ1) is 23.6. The van der Waals surface area contributed by atoms with E-state index in [1.54, 1.807) is 0 Å². The van der Waals surface area contributed by atoms with Crippen LogP contribution < -0.4 is 0 Å². The largest absolute Gasteiger partial charge is 0.441 e. The Hall–Kier alpha value is -1.44. The van der Waals surface area contributed by atoms with Crippen LogP contribution in [0.25, 0.3) is 0 Å². The molecule has 2 nitrogen and oxygen atoms in total. The van der Waals surface area contributed by atoms with Gasteiger partial charge in [0, 0.05) is 12.2 Å². The Balaban J connectivity index is 5.57. The second kappa shape index (κ2) is 7.43. The Bertz CT molecular complexity index is 530. The van der Waals surface area contributed by atoms with E-state index in [1.165, 1.54) is 0 Å². The Kier molecular flexibility index (Phi) is 7.01. The summed E-state index contributed by atoms with van der Waals surface area (Å²) in [6, 6.07) is 1.55. The van der Waals surface area contributed by atoms with E-state index in [0.29, 0.717) is 0 Å². The highest BCUT2D eigenvalue weighted by molar-refractivity contribution is 8.00. The Morgan fingerprint density at radius 2 is 1.28 bits per heavy atom. The molecule has 0 heterocycles. The summed E-state index contributed by atoms with van der Waals surface area (Å²) in [5, 5.41) is 17.3. The van der Waals surface area contributed by atoms with Crippen LogP contribution in [-0.2, 0) is 0 Å². The molecule has 25 heavy (non-hydrogen) atoms. The highest BCUT2D eigenvalue weighted by atomic mass is 32.2. The molecule has 0 amide bonds. The summed E-state index contributed by atoms with van der Waals surface area (Å²) in [5.41, 5.74) is -8.12. The molecule has 0 rings (SSSR count). The third-order valence-corrected chi connectivity index (χ3v) is 3.63. The zero-order chi connectivity index (χ0) is 20.3. The first-order valence-corrected chi connectivity index (χ1v) is 6.91. The summed E-state index contributed by atoms with van der Waals surface area (Å²) in [5.74, 6) is -20.3. The molecule has 0 aromatic rings. The van der Waals surface area contributed by atoms with E-state index in [9.17, 15) is 48.3 Å². The van der Waals surface area contributed by atoms with Crippen molar-refractivity contribution in [1.82, 2.24) is 0 Å². The molecule has 144 valence electrons. The van der Waals surface area contributed by atoms with Crippen LogP contribution in [0.5, 0.6) is 0 Å². The fourth-order valence-corrected chi connectivity index (χ4v) is 2.20. The molecule has 14 heteroatoms. The van der Waals surface area contributed by atoms with Crippen molar-refractivity contribution in [3.63, 3.8) is 0 Å².